The first-order chi connectivity index (χ1) is 19.4. The van der Waals surface area contributed by atoms with Gasteiger partial charge in [-0.15, -0.1) is 10.2 Å². The molecule has 2 aromatic carbocycles. The monoisotopic (exact) mass is 602 g/mol. The molecule has 1 N–H and O–H groups in total. The molecule has 0 radical (unpaired) electrons. The maximum absolute atomic E-state index is 12.8. The van der Waals surface area contributed by atoms with Crippen molar-refractivity contribution >= 4 is 40.9 Å². The van der Waals surface area contributed by atoms with Crippen molar-refractivity contribution in [2.75, 3.05) is 0 Å². The molecule has 1 atom stereocenters. The molecule has 0 aliphatic rings. The average Bonchev–Trinajstić information content (AvgIpc) is 3.35. The van der Waals surface area contributed by atoms with Gasteiger partial charge in [0.05, 0.1) is 16.8 Å². The van der Waals surface area contributed by atoms with Gasteiger partial charge in [-0.25, -0.2) is 0 Å². The molecule has 1 amide bonds. The number of rotatable bonds is 18. The van der Waals surface area contributed by atoms with E-state index < -0.39 is 0 Å². The lowest BCUT2D eigenvalue weighted by Crippen LogP contribution is -2.28. The van der Waals surface area contributed by atoms with Crippen LogP contribution in [0, 0.1) is 6.92 Å². The minimum Gasteiger partial charge on any atom is -0.346 e. The molecule has 3 aromatic rings. The molecule has 0 fully saturated rings. The predicted molar refractivity (Wildman–Crippen MR) is 170 cm³/mol. The zero-order valence-electron chi connectivity index (χ0n) is 24.2. The van der Waals surface area contributed by atoms with E-state index >= 15 is 0 Å². The summed E-state index contributed by atoms with van der Waals surface area (Å²) in [7, 11) is 0. The third-order valence-corrected chi connectivity index (χ3v) is 8.71. The SMILES string of the molecule is CCCCCCCCCCCCCC(=O)NC(C)c1nnc(SCc2ccccc2C)n1-c1ccc(Cl)cc1Cl. The highest BCUT2D eigenvalue weighted by molar-refractivity contribution is 7.98. The van der Waals surface area contributed by atoms with Crippen LogP contribution >= 0.6 is 35.0 Å². The first-order valence-corrected chi connectivity index (χ1v) is 16.5. The first-order valence-electron chi connectivity index (χ1n) is 14.8. The fourth-order valence-electron chi connectivity index (χ4n) is 4.79. The van der Waals surface area contributed by atoms with Crippen molar-refractivity contribution < 1.29 is 4.79 Å². The number of thioether (sulfide) groups is 1. The molecule has 0 bridgehead atoms. The lowest BCUT2D eigenvalue weighted by atomic mass is 10.1. The van der Waals surface area contributed by atoms with Crippen LogP contribution in [0.4, 0.5) is 0 Å². The summed E-state index contributed by atoms with van der Waals surface area (Å²) in [6, 6.07) is 13.4. The summed E-state index contributed by atoms with van der Waals surface area (Å²) in [5.41, 5.74) is 3.21. The predicted octanol–water partition coefficient (Wildman–Crippen LogP) is 10.1. The van der Waals surface area contributed by atoms with E-state index in [1.807, 2.05) is 29.7 Å². The minimum atomic E-state index is -0.327. The number of nitrogens with zero attached hydrogens (tertiary/aromatic N) is 3. The van der Waals surface area contributed by atoms with Crippen LogP contribution in [0.25, 0.3) is 5.69 Å². The summed E-state index contributed by atoms with van der Waals surface area (Å²) >= 11 is 14.4. The van der Waals surface area contributed by atoms with E-state index in [2.05, 4.69) is 41.5 Å². The second-order valence-corrected chi connectivity index (χ2v) is 12.3. The van der Waals surface area contributed by atoms with Crippen LogP contribution in [0.2, 0.25) is 10.0 Å². The second-order valence-electron chi connectivity index (χ2n) is 10.6. The van der Waals surface area contributed by atoms with Crippen molar-refractivity contribution in [1.82, 2.24) is 20.1 Å². The van der Waals surface area contributed by atoms with Gasteiger partial charge in [0.15, 0.2) is 11.0 Å². The van der Waals surface area contributed by atoms with Crippen molar-refractivity contribution in [1.29, 1.82) is 0 Å². The number of halogens is 2. The van der Waals surface area contributed by atoms with Crippen LogP contribution < -0.4 is 5.32 Å². The lowest BCUT2D eigenvalue weighted by Gasteiger charge is -2.17. The molecule has 1 heterocycles. The van der Waals surface area contributed by atoms with Crippen molar-refractivity contribution in [3.05, 3.63) is 69.5 Å². The molecule has 0 aliphatic carbocycles. The molecule has 0 saturated carbocycles. The summed E-state index contributed by atoms with van der Waals surface area (Å²) in [4.78, 5) is 12.8. The van der Waals surface area contributed by atoms with Crippen LogP contribution in [0.1, 0.15) is 114 Å². The highest BCUT2D eigenvalue weighted by Crippen LogP contribution is 2.32. The maximum Gasteiger partial charge on any atom is 0.220 e. The van der Waals surface area contributed by atoms with E-state index in [-0.39, 0.29) is 11.9 Å². The molecule has 8 heteroatoms. The van der Waals surface area contributed by atoms with Crippen molar-refractivity contribution in [3.63, 3.8) is 0 Å². The van der Waals surface area contributed by atoms with E-state index in [4.69, 9.17) is 23.2 Å². The van der Waals surface area contributed by atoms with Gasteiger partial charge in [0, 0.05) is 17.2 Å². The van der Waals surface area contributed by atoms with E-state index in [1.165, 1.54) is 68.9 Å². The lowest BCUT2D eigenvalue weighted by molar-refractivity contribution is -0.121. The molecular formula is C32H44Cl2N4OS. The number of carbonyl (C=O) groups excluding carboxylic acids is 1. The third-order valence-electron chi connectivity index (χ3n) is 7.20. The molecule has 3 rings (SSSR count). The number of aryl methyl sites for hydroxylation is 1. The normalized spacial score (nSPS) is 12.0. The molecule has 40 heavy (non-hydrogen) atoms. The standard InChI is InChI=1S/C32H44Cl2N4OS/c1-4-5-6-7-8-9-10-11-12-13-14-19-30(39)35-25(3)31-36-37-32(40-23-26-18-16-15-17-24(26)2)38(31)29-21-20-27(33)22-28(29)34/h15-18,20-22,25H,4-14,19,23H2,1-3H3,(H,35,39). The first kappa shape index (κ1) is 32.5. The van der Waals surface area contributed by atoms with E-state index in [9.17, 15) is 4.79 Å². The number of nitrogens with one attached hydrogen (secondary N) is 1. The molecular weight excluding hydrogens is 559 g/mol. The zero-order valence-corrected chi connectivity index (χ0v) is 26.6. The van der Waals surface area contributed by atoms with Crippen LogP contribution in [0.5, 0.6) is 0 Å². The Balaban J connectivity index is 1.55. The van der Waals surface area contributed by atoms with Gasteiger partial charge in [-0.1, -0.05) is 130 Å². The Hall–Kier alpha value is -2.02. The van der Waals surface area contributed by atoms with Gasteiger partial charge in [0.1, 0.15) is 0 Å². The number of amides is 1. The van der Waals surface area contributed by atoms with E-state index in [0.717, 1.165) is 24.3 Å². The fourth-order valence-corrected chi connectivity index (χ4v) is 6.31. The van der Waals surface area contributed by atoms with Crippen LogP contribution in [-0.2, 0) is 10.5 Å². The number of unbranched alkanes of at least 4 members (excludes halogenated alkanes) is 10. The fraction of sp³-hybridized carbons (Fsp3) is 0.531. The number of benzene rings is 2. The van der Waals surface area contributed by atoms with Gasteiger partial charge in [0.25, 0.3) is 0 Å². The Morgan fingerprint density at radius 3 is 2.23 bits per heavy atom. The largest absolute Gasteiger partial charge is 0.346 e. The highest BCUT2D eigenvalue weighted by Gasteiger charge is 2.22. The second kappa shape index (κ2) is 17.7. The Morgan fingerprint density at radius 2 is 1.57 bits per heavy atom. The zero-order chi connectivity index (χ0) is 28.7. The Labute approximate surface area is 254 Å². The van der Waals surface area contributed by atoms with Gasteiger partial charge in [-0.2, -0.15) is 0 Å². The summed E-state index contributed by atoms with van der Waals surface area (Å²) < 4.78 is 1.94. The molecule has 218 valence electrons. The van der Waals surface area contributed by atoms with Gasteiger partial charge < -0.3 is 5.32 Å². The Kier molecular flexibility index (Phi) is 14.4. The average molecular weight is 604 g/mol. The van der Waals surface area contributed by atoms with Crippen molar-refractivity contribution in [3.8, 4) is 5.69 Å². The summed E-state index contributed by atoms with van der Waals surface area (Å²) in [5.74, 6) is 1.42. The molecule has 0 aliphatic heterocycles. The molecule has 5 nitrogen and oxygen atoms in total. The Morgan fingerprint density at radius 1 is 0.925 bits per heavy atom. The molecule has 0 spiro atoms. The smallest absolute Gasteiger partial charge is 0.220 e. The Bertz CT molecular complexity index is 1200. The number of carbonyl (C=O) groups is 1. The van der Waals surface area contributed by atoms with Gasteiger partial charge in [0.2, 0.25) is 5.91 Å². The van der Waals surface area contributed by atoms with Crippen molar-refractivity contribution in [2.45, 2.75) is 115 Å². The van der Waals surface area contributed by atoms with Crippen LogP contribution in [0.15, 0.2) is 47.6 Å². The third kappa shape index (κ3) is 10.4. The summed E-state index contributed by atoms with van der Waals surface area (Å²) in [5, 5.41) is 13.9. The number of hydrogen-bond donors (Lipinski definition) is 1. The van der Waals surface area contributed by atoms with Crippen LogP contribution in [0.3, 0.4) is 0 Å². The van der Waals surface area contributed by atoms with E-state index in [1.54, 1.807) is 23.9 Å². The minimum absolute atomic E-state index is 0.0364. The van der Waals surface area contributed by atoms with Crippen LogP contribution in [-0.4, -0.2) is 20.7 Å². The van der Waals surface area contributed by atoms with Gasteiger partial charge in [-0.3, -0.25) is 9.36 Å². The number of hydrogen-bond acceptors (Lipinski definition) is 4. The topological polar surface area (TPSA) is 59.8 Å². The van der Waals surface area contributed by atoms with Crippen molar-refractivity contribution in [2.24, 2.45) is 0 Å². The maximum atomic E-state index is 12.8. The quantitative estimate of drug-likeness (QED) is 0.116. The summed E-state index contributed by atoms with van der Waals surface area (Å²) in [6.45, 7) is 6.31. The molecule has 0 saturated heterocycles. The molecule has 1 aromatic heterocycles. The highest BCUT2D eigenvalue weighted by atomic mass is 35.5. The number of aromatic nitrogens is 3. The summed E-state index contributed by atoms with van der Waals surface area (Å²) in [6.07, 6.45) is 14.4. The van der Waals surface area contributed by atoms with Gasteiger partial charge in [-0.05, 0) is 49.6 Å². The molecule has 1 unspecified atom stereocenters. The van der Waals surface area contributed by atoms with Gasteiger partial charge >= 0.3 is 0 Å². The van der Waals surface area contributed by atoms with E-state index in [0.29, 0.717) is 27.4 Å².